The van der Waals surface area contributed by atoms with E-state index in [1.54, 1.807) is 0 Å². The zero-order valence-corrected chi connectivity index (χ0v) is 10.7. The minimum Gasteiger partial charge on any atom is -0.480 e. The molecule has 0 aliphatic heterocycles. The van der Waals surface area contributed by atoms with Gasteiger partial charge in [0.25, 0.3) is 5.91 Å². The lowest BCUT2D eigenvalue weighted by Gasteiger charge is -2.21. The van der Waals surface area contributed by atoms with Crippen LogP contribution < -0.4 is 0 Å². The Hall–Kier alpha value is -1.36. The summed E-state index contributed by atoms with van der Waals surface area (Å²) in [6, 6.07) is 1.19. The first-order valence-electron chi connectivity index (χ1n) is 5.59. The molecule has 17 heavy (non-hydrogen) atoms. The van der Waals surface area contributed by atoms with Crippen LogP contribution in [-0.4, -0.2) is 35.0 Å². The van der Waals surface area contributed by atoms with Crippen molar-refractivity contribution in [3.63, 3.8) is 0 Å². The molecule has 1 N–H and O–H groups in total. The van der Waals surface area contributed by atoms with Crippen molar-refractivity contribution < 1.29 is 14.7 Å². The highest BCUT2D eigenvalue weighted by Crippen LogP contribution is 2.43. The van der Waals surface area contributed by atoms with E-state index in [4.69, 9.17) is 5.11 Å². The number of carboxylic acid groups (broad SMARTS) is 1. The molecule has 1 unspecified atom stereocenters. The highest BCUT2D eigenvalue weighted by molar-refractivity contribution is 7.12. The van der Waals surface area contributed by atoms with Crippen molar-refractivity contribution in [1.82, 2.24) is 4.90 Å². The number of nitrogens with zero attached hydrogens (tertiary/aromatic N) is 1. The third kappa shape index (κ3) is 2.34. The number of hydrogen-bond donors (Lipinski definition) is 1. The summed E-state index contributed by atoms with van der Waals surface area (Å²) in [4.78, 5) is 25.0. The Kier molecular flexibility index (Phi) is 3.19. The molecule has 0 saturated heterocycles. The van der Waals surface area contributed by atoms with Gasteiger partial charge < -0.3 is 10.0 Å². The fourth-order valence-electron chi connectivity index (χ4n) is 1.71. The Balaban J connectivity index is 2.18. The Bertz CT molecular complexity index is 450. The summed E-state index contributed by atoms with van der Waals surface area (Å²) in [6.07, 6.45) is 2.27. The smallest absolute Gasteiger partial charge is 0.326 e. The standard InChI is InChI=1S/C12H15NO3S/c1-7(12(15)16)13(2)11(14)10-9(5-6-17-10)8-3-4-8/h5-8H,3-4H2,1-2H3,(H,15,16). The van der Waals surface area contributed by atoms with E-state index in [1.165, 1.54) is 30.2 Å². The van der Waals surface area contributed by atoms with Crippen molar-refractivity contribution in [1.29, 1.82) is 0 Å². The summed E-state index contributed by atoms with van der Waals surface area (Å²) in [5.74, 6) is -0.657. The lowest BCUT2D eigenvalue weighted by molar-refractivity contribution is -0.141. The van der Waals surface area contributed by atoms with E-state index in [2.05, 4.69) is 0 Å². The van der Waals surface area contributed by atoms with Gasteiger partial charge in [-0.1, -0.05) is 0 Å². The molecule has 1 aliphatic carbocycles. The molecule has 1 aromatic rings. The zero-order chi connectivity index (χ0) is 12.6. The summed E-state index contributed by atoms with van der Waals surface area (Å²) in [5, 5.41) is 10.8. The molecule has 4 nitrogen and oxygen atoms in total. The second-order valence-electron chi connectivity index (χ2n) is 4.41. The summed E-state index contributed by atoms with van der Waals surface area (Å²) in [6.45, 7) is 1.52. The molecule has 0 spiro atoms. The van der Waals surface area contributed by atoms with Gasteiger partial charge in [-0.2, -0.15) is 0 Å². The fraction of sp³-hybridized carbons (Fsp3) is 0.500. The number of hydrogen-bond acceptors (Lipinski definition) is 3. The first kappa shape index (κ1) is 12.1. The van der Waals surface area contributed by atoms with E-state index < -0.39 is 12.0 Å². The van der Waals surface area contributed by atoms with Crippen molar-refractivity contribution in [2.75, 3.05) is 7.05 Å². The summed E-state index contributed by atoms with van der Waals surface area (Å²) < 4.78 is 0. The van der Waals surface area contributed by atoms with E-state index in [1.807, 2.05) is 11.4 Å². The van der Waals surface area contributed by atoms with Gasteiger partial charge in [-0.3, -0.25) is 4.79 Å². The predicted octanol–water partition coefficient (Wildman–Crippen LogP) is 2.17. The number of thiophene rings is 1. The Morgan fingerprint density at radius 1 is 1.53 bits per heavy atom. The Labute approximate surface area is 104 Å². The summed E-state index contributed by atoms with van der Waals surface area (Å²) >= 11 is 1.40. The number of rotatable bonds is 4. The van der Waals surface area contributed by atoms with Gasteiger partial charge in [0.2, 0.25) is 0 Å². The number of carbonyl (C=O) groups is 2. The maximum absolute atomic E-state index is 12.2. The van der Waals surface area contributed by atoms with Crippen LogP contribution in [0.1, 0.15) is 40.9 Å². The van der Waals surface area contributed by atoms with Gasteiger partial charge in [-0.25, -0.2) is 4.79 Å². The second-order valence-corrected chi connectivity index (χ2v) is 5.33. The Morgan fingerprint density at radius 3 is 2.71 bits per heavy atom. The molecular weight excluding hydrogens is 238 g/mol. The first-order chi connectivity index (χ1) is 8.02. The van der Waals surface area contributed by atoms with E-state index >= 15 is 0 Å². The predicted molar refractivity (Wildman–Crippen MR) is 65.5 cm³/mol. The molecular formula is C12H15NO3S. The number of likely N-dealkylation sites (N-methyl/N-ethyl adjacent to an activating group) is 1. The molecule has 2 rings (SSSR count). The average molecular weight is 253 g/mol. The maximum Gasteiger partial charge on any atom is 0.326 e. The highest BCUT2D eigenvalue weighted by Gasteiger charge is 2.31. The molecule has 1 aliphatic rings. The summed E-state index contributed by atoms with van der Waals surface area (Å²) in [5.41, 5.74) is 1.09. The lowest BCUT2D eigenvalue weighted by atomic mass is 10.1. The molecule has 92 valence electrons. The van der Waals surface area contributed by atoms with E-state index in [0.29, 0.717) is 10.8 Å². The zero-order valence-electron chi connectivity index (χ0n) is 9.84. The van der Waals surface area contributed by atoms with Crippen LogP contribution >= 0.6 is 11.3 Å². The van der Waals surface area contributed by atoms with Crippen molar-refractivity contribution in [3.05, 3.63) is 21.9 Å². The van der Waals surface area contributed by atoms with Crippen LogP contribution in [-0.2, 0) is 4.79 Å². The number of aliphatic carboxylic acids is 1. The SMILES string of the molecule is CC(C(=O)O)N(C)C(=O)c1sccc1C1CC1. The molecule has 1 amide bonds. The molecule has 1 atom stereocenters. The van der Waals surface area contributed by atoms with Crippen molar-refractivity contribution >= 4 is 23.2 Å². The van der Waals surface area contributed by atoms with Crippen molar-refractivity contribution in [3.8, 4) is 0 Å². The maximum atomic E-state index is 12.2. The Morgan fingerprint density at radius 2 is 2.18 bits per heavy atom. The normalized spacial score (nSPS) is 16.6. The molecule has 0 radical (unpaired) electrons. The molecule has 1 aromatic heterocycles. The van der Waals surface area contributed by atoms with Gasteiger partial charge in [-0.05, 0) is 42.7 Å². The molecule has 1 saturated carbocycles. The van der Waals surface area contributed by atoms with Gasteiger partial charge >= 0.3 is 5.97 Å². The van der Waals surface area contributed by atoms with E-state index in [-0.39, 0.29) is 5.91 Å². The van der Waals surface area contributed by atoms with Crippen LogP contribution in [0.25, 0.3) is 0 Å². The third-order valence-electron chi connectivity index (χ3n) is 3.17. The number of carbonyl (C=O) groups excluding carboxylic acids is 1. The van der Waals surface area contributed by atoms with Gasteiger partial charge in [-0.15, -0.1) is 11.3 Å². The molecule has 0 aromatic carbocycles. The van der Waals surface area contributed by atoms with Crippen LogP contribution in [0.2, 0.25) is 0 Å². The van der Waals surface area contributed by atoms with Crippen LogP contribution in [0.4, 0.5) is 0 Å². The topological polar surface area (TPSA) is 57.6 Å². The third-order valence-corrected chi connectivity index (χ3v) is 4.08. The second kappa shape index (κ2) is 4.49. The highest BCUT2D eigenvalue weighted by atomic mass is 32.1. The number of carboxylic acids is 1. The average Bonchev–Trinajstić information content (AvgIpc) is 3.04. The van der Waals surface area contributed by atoms with Crippen LogP contribution in [0.3, 0.4) is 0 Å². The van der Waals surface area contributed by atoms with Crippen molar-refractivity contribution in [2.45, 2.75) is 31.7 Å². The van der Waals surface area contributed by atoms with Gasteiger partial charge in [0.15, 0.2) is 0 Å². The van der Waals surface area contributed by atoms with Gasteiger partial charge in [0.1, 0.15) is 6.04 Å². The minimum absolute atomic E-state index is 0.184. The van der Waals surface area contributed by atoms with E-state index in [0.717, 1.165) is 18.4 Å². The van der Waals surface area contributed by atoms with E-state index in [9.17, 15) is 9.59 Å². The largest absolute Gasteiger partial charge is 0.480 e. The monoisotopic (exact) mass is 253 g/mol. The minimum atomic E-state index is -0.981. The molecule has 0 bridgehead atoms. The van der Waals surface area contributed by atoms with Crippen LogP contribution in [0.5, 0.6) is 0 Å². The van der Waals surface area contributed by atoms with Crippen LogP contribution in [0.15, 0.2) is 11.4 Å². The number of amides is 1. The van der Waals surface area contributed by atoms with Crippen LogP contribution in [0, 0.1) is 0 Å². The molecule has 5 heteroatoms. The fourth-order valence-corrected chi connectivity index (χ4v) is 2.68. The first-order valence-corrected chi connectivity index (χ1v) is 6.47. The summed E-state index contributed by atoms with van der Waals surface area (Å²) in [7, 11) is 1.54. The van der Waals surface area contributed by atoms with Gasteiger partial charge in [0.05, 0.1) is 4.88 Å². The molecule has 1 heterocycles. The molecule has 1 fully saturated rings. The quantitative estimate of drug-likeness (QED) is 0.894. The van der Waals surface area contributed by atoms with Crippen molar-refractivity contribution in [2.24, 2.45) is 0 Å². The lowest BCUT2D eigenvalue weighted by Crippen LogP contribution is -2.40. The van der Waals surface area contributed by atoms with Gasteiger partial charge in [0, 0.05) is 7.05 Å².